The van der Waals surface area contributed by atoms with E-state index in [9.17, 15) is 30.3 Å². The third kappa shape index (κ3) is 28.9. The Morgan fingerprint density at radius 1 is 0.614 bits per heavy atom. The Morgan fingerprint density at radius 2 is 1.09 bits per heavy atom. The third-order valence-electron chi connectivity index (χ3n) is 10.6. The van der Waals surface area contributed by atoms with Gasteiger partial charge < -0.3 is 40.3 Å². The molecule has 1 fully saturated rings. The highest BCUT2D eigenvalue weighted by Crippen LogP contribution is 2.22. The van der Waals surface area contributed by atoms with Gasteiger partial charge in [0.25, 0.3) is 0 Å². The van der Waals surface area contributed by atoms with Gasteiger partial charge in [0, 0.05) is 6.42 Å². The minimum atomic E-state index is -1.57. The molecule has 1 heterocycles. The molecule has 0 radical (unpaired) electrons. The number of aliphatic hydroxyl groups is 5. The lowest BCUT2D eigenvalue weighted by atomic mass is 9.99. The second-order valence-electron chi connectivity index (χ2n) is 15.8. The van der Waals surface area contributed by atoms with E-state index in [0.717, 1.165) is 83.5 Å². The van der Waals surface area contributed by atoms with E-state index in [0.29, 0.717) is 6.42 Å². The molecular formula is C48H85NO8. The van der Waals surface area contributed by atoms with Crippen LogP contribution in [-0.2, 0) is 14.3 Å². The quantitative estimate of drug-likeness (QED) is 0.0269. The van der Waals surface area contributed by atoms with Gasteiger partial charge in [-0.25, -0.2) is 0 Å². The molecular weight excluding hydrogens is 719 g/mol. The first kappa shape index (κ1) is 52.9. The minimum Gasteiger partial charge on any atom is -0.394 e. The van der Waals surface area contributed by atoms with Crippen molar-refractivity contribution >= 4 is 5.91 Å². The molecule has 1 amide bonds. The Bertz CT molecular complexity index is 1070. The standard InChI is InChI=1S/C48H85NO8/c1-3-5-7-9-11-13-15-17-19-20-21-22-24-26-28-30-32-34-36-38-44(52)49-41(40-56-48-47(55)46(54)45(53)43(39-50)57-48)42(51)37-35-33-31-29-27-25-23-18-16-14-12-10-8-6-4-2/h5,7,11,13,17,19,21-22,35,37,41-43,45-48,50-51,53-55H,3-4,6,8-10,12,14-16,18,20,23-34,36,38-40H2,1-2H3,(H,49,52)/b7-5-,13-11-,19-17-,22-21-,37-35+. The van der Waals surface area contributed by atoms with Gasteiger partial charge in [0.2, 0.25) is 5.91 Å². The maximum Gasteiger partial charge on any atom is 0.220 e. The predicted octanol–water partition coefficient (Wildman–Crippen LogP) is 9.61. The van der Waals surface area contributed by atoms with E-state index in [1.807, 2.05) is 6.08 Å². The smallest absolute Gasteiger partial charge is 0.220 e. The molecule has 6 N–H and O–H groups in total. The summed E-state index contributed by atoms with van der Waals surface area (Å²) in [6.07, 6.45) is 42.5. The van der Waals surface area contributed by atoms with Gasteiger partial charge in [0.15, 0.2) is 6.29 Å². The van der Waals surface area contributed by atoms with E-state index >= 15 is 0 Å². The number of carbonyl (C=O) groups is 1. The molecule has 0 aliphatic carbocycles. The molecule has 1 aliphatic rings. The van der Waals surface area contributed by atoms with Gasteiger partial charge in [-0.05, 0) is 57.8 Å². The second kappa shape index (κ2) is 38.1. The molecule has 0 bridgehead atoms. The van der Waals surface area contributed by atoms with E-state index < -0.39 is 49.5 Å². The summed E-state index contributed by atoms with van der Waals surface area (Å²) in [5.41, 5.74) is 0. The zero-order valence-electron chi connectivity index (χ0n) is 36.1. The number of hydrogen-bond acceptors (Lipinski definition) is 8. The first-order chi connectivity index (χ1) is 27.8. The first-order valence-electron chi connectivity index (χ1n) is 23.0. The summed E-state index contributed by atoms with van der Waals surface area (Å²) in [6.45, 7) is 3.64. The van der Waals surface area contributed by atoms with Crippen molar-refractivity contribution in [2.45, 2.75) is 224 Å². The van der Waals surface area contributed by atoms with Crippen LogP contribution in [0.25, 0.3) is 0 Å². The summed E-state index contributed by atoms with van der Waals surface area (Å²) >= 11 is 0. The molecule has 0 aromatic rings. The molecule has 9 heteroatoms. The molecule has 0 spiro atoms. The van der Waals surface area contributed by atoms with Gasteiger partial charge in [-0.15, -0.1) is 0 Å². The van der Waals surface area contributed by atoms with Crippen molar-refractivity contribution in [3.8, 4) is 0 Å². The lowest BCUT2D eigenvalue weighted by Crippen LogP contribution is -2.60. The fourth-order valence-corrected chi connectivity index (χ4v) is 6.91. The Hall–Kier alpha value is -2.11. The van der Waals surface area contributed by atoms with E-state index in [-0.39, 0.29) is 12.5 Å². The topological polar surface area (TPSA) is 149 Å². The number of aliphatic hydroxyl groups excluding tert-OH is 5. The molecule has 1 saturated heterocycles. The Morgan fingerprint density at radius 3 is 1.61 bits per heavy atom. The van der Waals surface area contributed by atoms with Crippen molar-refractivity contribution in [2.24, 2.45) is 0 Å². The van der Waals surface area contributed by atoms with Gasteiger partial charge in [-0.1, -0.05) is 177 Å². The van der Waals surface area contributed by atoms with Gasteiger partial charge >= 0.3 is 0 Å². The van der Waals surface area contributed by atoms with Crippen LogP contribution in [0.4, 0.5) is 0 Å². The average Bonchev–Trinajstić information content (AvgIpc) is 3.21. The second-order valence-corrected chi connectivity index (χ2v) is 15.8. The maximum atomic E-state index is 13.0. The number of amides is 1. The molecule has 57 heavy (non-hydrogen) atoms. The highest BCUT2D eigenvalue weighted by molar-refractivity contribution is 5.76. The van der Waals surface area contributed by atoms with E-state index in [1.165, 1.54) is 77.0 Å². The van der Waals surface area contributed by atoms with Crippen LogP contribution in [0.15, 0.2) is 60.8 Å². The lowest BCUT2D eigenvalue weighted by molar-refractivity contribution is -0.302. The van der Waals surface area contributed by atoms with Crippen molar-refractivity contribution in [3.63, 3.8) is 0 Å². The van der Waals surface area contributed by atoms with Crippen molar-refractivity contribution in [2.75, 3.05) is 13.2 Å². The third-order valence-corrected chi connectivity index (χ3v) is 10.6. The molecule has 0 aromatic carbocycles. The summed E-state index contributed by atoms with van der Waals surface area (Å²) < 4.78 is 11.2. The fraction of sp³-hybridized carbons (Fsp3) is 0.771. The van der Waals surface area contributed by atoms with Crippen molar-refractivity contribution in [3.05, 3.63) is 60.8 Å². The number of unbranched alkanes of at least 4 members (excludes halogenated alkanes) is 19. The van der Waals surface area contributed by atoms with Crippen molar-refractivity contribution in [1.29, 1.82) is 0 Å². The van der Waals surface area contributed by atoms with Crippen LogP contribution in [0.2, 0.25) is 0 Å². The van der Waals surface area contributed by atoms with Crippen LogP contribution in [0.5, 0.6) is 0 Å². The predicted molar refractivity (Wildman–Crippen MR) is 235 cm³/mol. The van der Waals surface area contributed by atoms with Crippen LogP contribution in [-0.4, -0.2) is 87.5 Å². The van der Waals surface area contributed by atoms with Crippen LogP contribution >= 0.6 is 0 Å². The number of ether oxygens (including phenoxy) is 2. The highest BCUT2D eigenvalue weighted by atomic mass is 16.7. The summed E-state index contributed by atoms with van der Waals surface area (Å²) in [7, 11) is 0. The summed E-state index contributed by atoms with van der Waals surface area (Å²) in [5.74, 6) is -0.194. The molecule has 330 valence electrons. The summed E-state index contributed by atoms with van der Waals surface area (Å²) in [6, 6.07) is -0.814. The monoisotopic (exact) mass is 804 g/mol. The number of carbonyl (C=O) groups excluding carboxylic acids is 1. The van der Waals surface area contributed by atoms with Crippen LogP contribution in [0, 0.1) is 0 Å². The van der Waals surface area contributed by atoms with E-state index in [1.54, 1.807) is 6.08 Å². The van der Waals surface area contributed by atoms with Gasteiger partial charge in [0.1, 0.15) is 24.4 Å². The minimum absolute atomic E-state index is 0.194. The molecule has 7 unspecified atom stereocenters. The fourth-order valence-electron chi connectivity index (χ4n) is 6.91. The van der Waals surface area contributed by atoms with Crippen LogP contribution in [0.3, 0.4) is 0 Å². The molecule has 9 nitrogen and oxygen atoms in total. The largest absolute Gasteiger partial charge is 0.394 e. The number of rotatable bonds is 37. The van der Waals surface area contributed by atoms with Crippen LogP contribution in [0.1, 0.15) is 181 Å². The SMILES string of the molecule is CC/C=C\C/C=C\C/C=C\C/C=C\CCCCCCCCC(=O)NC(COC1OC(CO)C(O)C(O)C1O)C(O)/C=C/CCCCCCCCCCCCCCC. The Labute approximate surface area is 347 Å². The normalized spacial score (nSPS) is 21.6. The van der Waals surface area contributed by atoms with E-state index in [2.05, 4.69) is 67.8 Å². The summed E-state index contributed by atoms with van der Waals surface area (Å²) in [4.78, 5) is 13.0. The van der Waals surface area contributed by atoms with Crippen molar-refractivity contribution < 1.29 is 39.8 Å². The lowest BCUT2D eigenvalue weighted by Gasteiger charge is -2.40. The Kier molecular flexibility index (Phi) is 35.4. The number of hydrogen-bond donors (Lipinski definition) is 6. The average molecular weight is 804 g/mol. The first-order valence-corrected chi connectivity index (χ1v) is 23.0. The van der Waals surface area contributed by atoms with Crippen molar-refractivity contribution in [1.82, 2.24) is 5.32 Å². The molecule has 0 saturated carbocycles. The molecule has 0 aromatic heterocycles. The van der Waals surface area contributed by atoms with E-state index in [4.69, 9.17) is 9.47 Å². The molecule has 7 atom stereocenters. The zero-order chi connectivity index (χ0) is 41.6. The zero-order valence-corrected chi connectivity index (χ0v) is 36.1. The van der Waals surface area contributed by atoms with Crippen LogP contribution < -0.4 is 5.32 Å². The number of allylic oxidation sites excluding steroid dienone is 9. The summed E-state index contributed by atoms with van der Waals surface area (Å²) in [5, 5.41) is 54.2. The highest BCUT2D eigenvalue weighted by Gasteiger charge is 2.44. The maximum absolute atomic E-state index is 13.0. The van der Waals surface area contributed by atoms with Gasteiger partial charge in [-0.3, -0.25) is 4.79 Å². The van der Waals surface area contributed by atoms with Gasteiger partial charge in [-0.2, -0.15) is 0 Å². The molecule has 1 aliphatic heterocycles. The van der Waals surface area contributed by atoms with Gasteiger partial charge in [0.05, 0.1) is 25.4 Å². The number of nitrogens with one attached hydrogen (secondary N) is 1. The molecule has 1 rings (SSSR count). The Balaban J connectivity index is 2.37.